The van der Waals surface area contributed by atoms with Gasteiger partial charge in [-0.05, 0) is 37.2 Å². The fourth-order valence-corrected chi connectivity index (χ4v) is 2.82. The van der Waals surface area contributed by atoms with Crippen LogP contribution in [-0.2, 0) is 5.41 Å². The van der Waals surface area contributed by atoms with Crippen molar-refractivity contribution in [1.82, 2.24) is 0 Å². The Kier molecular flexibility index (Phi) is 2.95. The molecule has 2 rings (SSSR count). The molecule has 1 atom stereocenters. The highest BCUT2D eigenvalue weighted by Gasteiger charge is 2.43. The quantitative estimate of drug-likeness (QED) is 0.621. The second kappa shape index (κ2) is 4.22. The van der Waals surface area contributed by atoms with Crippen LogP contribution in [0.3, 0.4) is 0 Å². The van der Waals surface area contributed by atoms with Gasteiger partial charge in [0.25, 0.3) is 0 Å². The predicted molar refractivity (Wildman–Crippen MR) is 65.9 cm³/mol. The summed E-state index contributed by atoms with van der Waals surface area (Å²) in [5, 5.41) is 0. The highest BCUT2D eigenvalue weighted by Crippen LogP contribution is 2.51. The van der Waals surface area contributed by atoms with Crippen molar-refractivity contribution in [2.45, 2.75) is 38.0 Å². The molecule has 0 heteroatoms. The van der Waals surface area contributed by atoms with Crippen LogP contribution in [0, 0.1) is 5.92 Å². The molecule has 1 aliphatic carbocycles. The second-order valence-electron chi connectivity index (χ2n) is 4.64. The van der Waals surface area contributed by atoms with Crippen molar-refractivity contribution in [3.05, 3.63) is 48.6 Å². The van der Waals surface area contributed by atoms with E-state index in [1.807, 2.05) is 0 Å². The highest BCUT2D eigenvalue weighted by molar-refractivity contribution is 5.29. The molecule has 1 unspecified atom stereocenters. The van der Waals surface area contributed by atoms with Crippen molar-refractivity contribution in [3.63, 3.8) is 0 Å². The number of allylic oxidation sites excluding steroid dienone is 1. The van der Waals surface area contributed by atoms with Gasteiger partial charge in [0.05, 0.1) is 0 Å². The first-order chi connectivity index (χ1) is 7.33. The van der Waals surface area contributed by atoms with E-state index in [9.17, 15) is 0 Å². The average Bonchev–Trinajstić information content (AvgIpc) is 3.11. The molecule has 1 aromatic rings. The van der Waals surface area contributed by atoms with Gasteiger partial charge in [0.1, 0.15) is 0 Å². The maximum Gasteiger partial charge on any atom is 0.00129 e. The summed E-state index contributed by atoms with van der Waals surface area (Å²) in [6.45, 7) is 6.24. The van der Waals surface area contributed by atoms with Crippen molar-refractivity contribution in [2.24, 2.45) is 5.92 Å². The Bertz CT molecular complexity index is 321. The van der Waals surface area contributed by atoms with Gasteiger partial charge in [0.2, 0.25) is 0 Å². The predicted octanol–water partition coefficient (Wildman–Crippen LogP) is 4.32. The molecule has 1 aromatic carbocycles. The fourth-order valence-electron chi connectivity index (χ4n) is 2.82. The molecule has 0 nitrogen and oxygen atoms in total. The lowest BCUT2D eigenvalue weighted by molar-refractivity contribution is 0.359. The number of hydrogen-bond donors (Lipinski definition) is 0. The summed E-state index contributed by atoms with van der Waals surface area (Å²) >= 11 is 0. The van der Waals surface area contributed by atoms with Crippen LogP contribution in [-0.4, -0.2) is 0 Å². The van der Waals surface area contributed by atoms with Crippen LogP contribution in [0.1, 0.15) is 38.2 Å². The van der Waals surface area contributed by atoms with Gasteiger partial charge in [-0.3, -0.25) is 0 Å². The largest absolute Gasteiger partial charge is 0.103 e. The van der Waals surface area contributed by atoms with E-state index >= 15 is 0 Å². The van der Waals surface area contributed by atoms with Crippen molar-refractivity contribution in [2.75, 3.05) is 0 Å². The molecule has 0 radical (unpaired) electrons. The van der Waals surface area contributed by atoms with Gasteiger partial charge in [-0.1, -0.05) is 43.3 Å². The molecule has 1 aliphatic rings. The standard InChI is InChI=1S/C15H20/c1-3-12-15(4-2,14-10-11-14)13-8-6-5-7-9-13/h3,5-9,14H,1,4,10-12H2,2H3. The summed E-state index contributed by atoms with van der Waals surface area (Å²) in [4.78, 5) is 0. The Balaban J connectivity index is 2.35. The molecule has 0 aromatic heterocycles. The van der Waals surface area contributed by atoms with Crippen LogP contribution in [0.2, 0.25) is 0 Å². The minimum Gasteiger partial charge on any atom is -0.103 e. The van der Waals surface area contributed by atoms with E-state index in [0.29, 0.717) is 5.41 Å². The van der Waals surface area contributed by atoms with Gasteiger partial charge in [-0.25, -0.2) is 0 Å². The Morgan fingerprint density at radius 1 is 1.33 bits per heavy atom. The highest BCUT2D eigenvalue weighted by atomic mass is 14.5. The smallest absolute Gasteiger partial charge is 0.00129 e. The van der Waals surface area contributed by atoms with Crippen LogP contribution < -0.4 is 0 Å². The van der Waals surface area contributed by atoms with Crippen molar-refractivity contribution >= 4 is 0 Å². The van der Waals surface area contributed by atoms with E-state index in [4.69, 9.17) is 0 Å². The Hall–Kier alpha value is -1.04. The number of rotatable bonds is 5. The summed E-state index contributed by atoms with van der Waals surface area (Å²) in [5.74, 6) is 0.892. The normalized spacial score (nSPS) is 19.5. The van der Waals surface area contributed by atoms with Gasteiger partial charge in [-0.15, -0.1) is 6.58 Å². The van der Waals surface area contributed by atoms with E-state index < -0.39 is 0 Å². The van der Waals surface area contributed by atoms with E-state index in [1.165, 1.54) is 24.8 Å². The Labute approximate surface area is 93.0 Å². The fraction of sp³-hybridized carbons (Fsp3) is 0.467. The zero-order valence-electron chi connectivity index (χ0n) is 9.58. The second-order valence-corrected chi connectivity index (χ2v) is 4.64. The molecular formula is C15H20. The summed E-state index contributed by atoms with van der Waals surface area (Å²) < 4.78 is 0. The zero-order valence-corrected chi connectivity index (χ0v) is 9.58. The maximum absolute atomic E-state index is 3.93. The van der Waals surface area contributed by atoms with Crippen LogP contribution in [0.15, 0.2) is 43.0 Å². The zero-order chi connectivity index (χ0) is 10.7. The molecule has 0 saturated heterocycles. The first kappa shape index (κ1) is 10.5. The van der Waals surface area contributed by atoms with Gasteiger partial charge in [0.15, 0.2) is 0 Å². The van der Waals surface area contributed by atoms with Crippen molar-refractivity contribution in [1.29, 1.82) is 0 Å². The van der Waals surface area contributed by atoms with Crippen molar-refractivity contribution < 1.29 is 0 Å². The third-order valence-electron chi connectivity index (χ3n) is 3.85. The summed E-state index contributed by atoms with van der Waals surface area (Å²) in [5.41, 5.74) is 1.89. The molecular weight excluding hydrogens is 180 g/mol. The van der Waals surface area contributed by atoms with Crippen LogP contribution in [0.25, 0.3) is 0 Å². The molecule has 1 fully saturated rings. The molecule has 0 spiro atoms. The Morgan fingerprint density at radius 3 is 2.47 bits per heavy atom. The van der Waals surface area contributed by atoms with Crippen LogP contribution in [0.5, 0.6) is 0 Å². The van der Waals surface area contributed by atoms with Crippen molar-refractivity contribution in [3.8, 4) is 0 Å². The SMILES string of the molecule is C=CCC(CC)(c1ccccc1)C1CC1. The van der Waals surface area contributed by atoms with E-state index in [0.717, 1.165) is 12.3 Å². The minimum atomic E-state index is 0.378. The van der Waals surface area contributed by atoms with Gasteiger partial charge < -0.3 is 0 Å². The van der Waals surface area contributed by atoms with Gasteiger partial charge >= 0.3 is 0 Å². The summed E-state index contributed by atoms with van der Waals surface area (Å²) in [7, 11) is 0. The molecule has 0 bridgehead atoms. The monoisotopic (exact) mass is 200 g/mol. The van der Waals surface area contributed by atoms with Gasteiger partial charge in [-0.2, -0.15) is 0 Å². The lowest BCUT2D eigenvalue weighted by Crippen LogP contribution is -2.27. The first-order valence-electron chi connectivity index (χ1n) is 6.00. The molecule has 0 aliphatic heterocycles. The molecule has 15 heavy (non-hydrogen) atoms. The molecule has 0 amide bonds. The van der Waals surface area contributed by atoms with E-state index in [2.05, 4.69) is 49.9 Å². The first-order valence-corrected chi connectivity index (χ1v) is 6.00. The van der Waals surface area contributed by atoms with Crippen LogP contribution in [0.4, 0.5) is 0 Å². The summed E-state index contributed by atoms with van der Waals surface area (Å²) in [6, 6.07) is 11.0. The average molecular weight is 200 g/mol. The third-order valence-corrected chi connectivity index (χ3v) is 3.85. The third kappa shape index (κ3) is 1.86. The minimum absolute atomic E-state index is 0.378. The maximum atomic E-state index is 3.93. The molecule has 1 saturated carbocycles. The number of benzene rings is 1. The molecule has 80 valence electrons. The lowest BCUT2D eigenvalue weighted by Gasteiger charge is -2.33. The molecule has 0 N–H and O–H groups in total. The Morgan fingerprint density at radius 2 is 2.00 bits per heavy atom. The molecule has 0 heterocycles. The van der Waals surface area contributed by atoms with Crippen LogP contribution >= 0.6 is 0 Å². The lowest BCUT2D eigenvalue weighted by atomic mass is 9.71. The van der Waals surface area contributed by atoms with E-state index in [1.54, 1.807) is 0 Å². The summed E-state index contributed by atoms with van der Waals surface area (Å²) in [6.07, 6.45) is 7.24. The topological polar surface area (TPSA) is 0 Å². The van der Waals surface area contributed by atoms with Gasteiger partial charge in [0, 0.05) is 5.41 Å². The van der Waals surface area contributed by atoms with E-state index in [-0.39, 0.29) is 0 Å². The number of hydrogen-bond acceptors (Lipinski definition) is 0.